The first-order valence-electron chi connectivity index (χ1n) is 10.7. The molecule has 0 spiro atoms. The third-order valence-corrected chi connectivity index (χ3v) is 5.68. The predicted octanol–water partition coefficient (Wildman–Crippen LogP) is 7.15. The molecule has 0 aliphatic heterocycles. The Hall–Kier alpha value is -2.72. The van der Waals surface area contributed by atoms with Gasteiger partial charge in [-0.2, -0.15) is 0 Å². The third kappa shape index (κ3) is 9.75. The summed E-state index contributed by atoms with van der Waals surface area (Å²) in [7, 11) is 0. The number of Topliss-reactive ketones (excluding diaryl/α,β-unsaturated/α-hetero) is 1. The van der Waals surface area contributed by atoms with Crippen molar-refractivity contribution in [2.75, 3.05) is 18.0 Å². The van der Waals surface area contributed by atoms with Crippen molar-refractivity contribution in [1.82, 2.24) is 5.32 Å². The molecular weight excluding hydrogens is 400 g/mol. The number of carbonyl (C=O) groups is 1. The minimum atomic E-state index is 0.178. The van der Waals surface area contributed by atoms with E-state index in [1.165, 1.54) is 17.4 Å². The van der Waals surface area contributed by atoms with E-state index < -0.39 is 0 Å². The summed E-state index contributed by atoms with van der Waals surface area (Å²) in [5.74, 6) is 0.178. The van der Waals surface area contributed by atoms with Gasteiger partial charge >= 0.3 is 0 Å². The zero-order valence-corrected chi connectivity index (χ0v) is 20.0. The van der Waals surface area contributed by atoms with Gasteiger partial charge in [0.1, 0.15) is 0 Å². The Morgan fingerprint density at radius 2 is 1.87 bits per heavy atom. The lowest BCUT2D eigenvalue weighted by Gasteiger charge is -2.24. The molecular formula is C27H36N2OS. The molecule has 1 aromatic rings. The van der Waals surface area contributed by atoms with Gasteiger partial charge in [-0.3, -0.25) is 4.79 Å². The van der Waals surface area contributed by atoms with E-state index in [0.29, 0.717) is 6.42 Å². The van der Waals surface area contributed by atoms with E-state index in [4.69, 9.17) is 0 Å². The highest BCUT2D eigenvalue weighted by atomic mass is 32.2. The van der Waals surface area contributed by atoms with Crippen LogP contribution in [0.5, 0.6) is 0 Å². The van der Waals surface area contributed by atoms with Crippen molar-refractivity contribution < 1.29 is 4.79 Å². The summed E-state index contributed by atoms with van der Waals surface area (Å²) in [5.41, 5.74) is 3.84. The molecule has 1 aromatic carbocycles. The summed E-state index contributed by atoms with van der Waals surface area (Å²) >= 11 is 1.46. The van der Waals surface area contributed by atoms with E-state index in [1.54, 1.807) is 12.2 Å². The van der Waals surface area contributed by atoms with E-state index in [1.807, 2.05) is 37.6 Å². The maximum atomic E-state index is 12.6. The Morgan fingerprint density at radius 3 is 2.48 bits per heavy atom. The fourth-order valence-corrected chi connectivity index (χ4v) is 3.80. The van der Waals surface area contributed by atoms with Gasteiger partial charge in [0.15, 0.2) is 5.78 Å². The standard InChI is InChI=1S/C27H36N2OS/c1-7-10-18-28-23(5)26(9-3)24(6)31-21-22(4)27(30)17-14-20-29(19-8-2)25-15-12-11-13-16-25/h7,9-13,15-16,18,21,28H,1,3,6,8,14,17,19-20H2,2,4-5H3/b18-10-,22-21+,26-23+. The van der Waals surface area contributed by atoms with Crippen LogP contribution in [0.15, 0.2) is 102 Å². The Balaban J connectivity index is 2.62. The second kappa shape index (κ2) is 15.1. The zero-order valence-electron chi connectivity index (χ0n) is 19.2. The number of rotatable bonds is 15. The number of thioether (sulfide) groups is 1. The van der Waals surface area contributed by atoms with Gasteiger partial charge in [0, 0.05) is 47.6 Å². The molecule has 4 heteroatoms. The fourth-order valence-electron chi connectivity index (χ4n) is 2.99. The molecule has 0 saturated carbocycles. The number of nitrogens with one attached hydrogen (secondary N) is 1. The number of hydrogen-bond donors (Lipinski definition) is 1. The van der Waals surface area contributed by atoms with E-state index >= 15 is 0 Å². The summed E-state index contributed by atoms with van der Waals surface area (Å²) < 4.78 is 0. The number of para-hydroxylation sites is 1. The van der Waals surface area contributed by atoms with Gasteiger partial charge < -0.3 is 10.2 Å². The van der Waals surface area contributed by atoms with E-state index in [2.05, 4.69) is 61.1 Å². The second-order valence-corrected chi connectivity index (χ2v) is 8.14. The van der Waals surface area contributed by atoms with Crippen LogP contribution in [0.2, 0.25) is 0 Å². The smallest absolute Gasteiger partial charge is 0.159 e. The molecule has 0 aromatic heterocycles. The molecule has 0 aliphatic rings. The Bertz CT molecular complexity index is 834. The molecule has 0 radical (unpaired) electrons. The van der Waals surface area contributed by atoms with Crippen LogP contribution in [0.1, 0.15) is 40.0 Å². The van der Waals surface area contributed by atoms with Gasteiger partial charge in [-0.25, -0.2) is 0 Å². The molecule has 0 atom stereocenters. The van der Waals surface area contributed by atoms with Gasteiger partial charge in [0.2, 0.25) is 0 Å². The molecule has 166 valence electrons. The maximum absolute atomic E-state index is 12.6. The summed E-state index contributed by atoms with van der Waals surface area (Å²) in [6.45, 7) is 19.6. The Kier molecular flexibility index (Phi) is 12.8. The number of anilines is 1. The van der Waals surface area contributed by atoms with Crippen molar-refractivity contribution in [3.8, 4) is 0 Å². The van der Waals surface area contributed by atoms with Gasteiger partial charge in [-0.15, -0.1) is 0 Å². The van der Waals surface area contributed by atoms with Crippen molar-refractivity contribution in [3.05, 3.63) is 102 Å². The van der Waals surface area contributed by atoms with Crippen LogP contribution in [0.4, 0.5) is 5.69 Å². The van der Waals surface area contributed by atoms with Gasteiger partial charge in [0.05, 0.1) is 0 Å². The summed E-state index contributed by atoms with van der Waals surface area (Å²) in [4.78, 5) is 15.8. The first-order valence-corrected chi connectivity index (χ1v) is 11.6. The normalized spacial score (nSPS) is 12.3. The van der Waals surface area contributed by atoms with Crippen LogP contribution >= 0.6 is 11.8 Å². The average molecular weight is 437 g/mol. The first kappa shape index (κ1) is 26.3. The largest absolute Gasteiger partial charge is 0.372 e. The lowest BCUT2D eigenvalue weighted by molar-refractivity contribution is -0.115. The molecule has 1 rings (SSSR count). The molecule has 0 fully saturated rings. The number of hydrogen-bond acceptors (Lipinski definition) is 4. The Labute approximate surface area is 193 Å². The predicted molar refractivity (Wildman–Crippen MR) is 139 cm³/mol. The van der Waals surface area contributed by atoms with E-state index in [0.717, 1.165) is 47.7 Å². The van der Waals surface area contributed by atoms with Crippen molar-refractivity contribution in [3.63, 3.8) is 0 Å². The molecule has 0 bridgehead atoms. The maximum Gasteiger partial charge on any atom is 0.159 e. The second-order valence-electron chi connectivity index (χ2n) is 7.17. The van der Waals surface area contributed by atoms with Crippen molar-refractivity contribution in [1.29, 1.82) is 0 Å². The van der Waals surface area contributed by atoms with Crippen LogP contribution in [0.25, 0.3) is 0 Å². The topological polar surface area (TPSA) is 32.3 Å². The third-order valence-electron chi connectivity index (χ3n) is 4.71. The summed E-state index contributed by atoms with van der Waals surface area (Å²) in [6.07, 6.45) is 9.57. The quantitative estimate of drug-likeness (QED) is 0.234. The van der Waals surface area contributed by atoms with Crippen LogP contribution in [-0.4, -0.2) is 18.9 Å². The summed E-state index contributed by atoms with van der Waals surface area (Å²) in [6, 6.07) is 10.4. The van der Waals surface area contributed by atoms with Gasteiger partial charge in [-0.05, 0) is 55.9 Å². The minimum absolute atomic E-state index is 0.178. The van der Waals surface area contributed by atoms with Crippen LogP contribution in [0, 0.1) is 0 Å². The van der Waals surface area contributed by atoms with Crippen molar-refractivity contribution in [2.24, 2.45) is 0 Å². The minimum Gasteiger partial charge on any atom is -0.372 e. The van der Waals surface area contributed by atoms with Crippen LogP contribution in [0.3, 0.4) is 0 Å². The zero-order chi connectivity index (χ0) is 23.1. The Morgan fingerprint density at radius 1 is 1.16 bits per heavy atom. The molecule has 1 N–H and O–H groups in total. The fraction of sp³-hybridized carbons (Fsp3) is 0.296. The van der Waals surface area contributed by atoms with Gasteiger partial charge in [-0.1, -0.05) is 68.8 Å². The number of ketones is 1. The monoisotopic (exact) mass is 436 g/mol. The van der Waals surface area contributed by atoms with Crippen LogP contribution in [-0.2, 0) is 4.79 Å². The molecule has 0 aliphatic carbocycles. The van der Waals surface area contributed by atoms with E-state index in [9.17, 15) is 4.79 Å². The highest BCUT2D eigenvalue weighted by molar-refractivity contribution is 8.06. The van der Waals surface area contributed by atoms with Crippen LogP contribution < -0.4 is 10.2 Å². The number of carbonyl (C=O) groups excluding carboxylic acids is 1. The molecule has 0 saturated heterocycles. The summed E-state index contributed by atoms with van der Waals surface area (Å²) in [5, 5.41) is 5.07. The molecule has 31 heavy (non-hydrogen) atoms. The molecule has 3 nitrogen and oxygen atoms in total. The molecule has 0 unspecified atom stereocenters. The highest BCUT2D eigenvalue weighted by Crippen LogP contribution is 2.27. The highest BCUT2D eigenvalue weighted by Gasteiger charge is 2.09. The average Bonchev–Trinajstić information content (AvgIpc) is 2.78. The first-order chi connectivity index (χ1) is 14.9. The SMILES string of the molecule is C=C/C=C\N/C(C)=C(\C=C)C(=C)S/C=C(\C)C(=O)CCCN(CCC)c1ccccc1. The molecule has 0 heterocycles. The van der Waals surface area contributed by atoms with Crippen molar-refractivity contribution in [2.45, 2.75) is 40.0 Å². The number of allylic oxidation sites excluding steroid dienone is 6. The number of benzene rings is 1. The molecule has 0 amide bonds. The van der Waals surface area contributed by atoms with Gasteiger partial charge in [0.25, 0.3) is 0 Å². The lowest BCUT2D eigenvalue weighted by atomic mass is 10.1. The van der Waals surface area contributed by atoms with Crippen molar-refractivity contribution >= 4 is 23.2 Å². The van der Waals surface area contributed by atoms with E-state index in [-0.39, 0.29) is 5.78 Å². The lowest BCUT2D eigenvalue weighted by Crippen LogP contribution is -2.25. The number of nitrogens with zero attached hydrogens (tertiary/aromatic N) is 1.